The predicted molar refractivity (Wildman–Crippen MR) is 73.9 cm³/mol. The Labute approximate surface area is 117 Å². The van der Waals surface area contributed by atoms with Crippen LogP contribution in [0.1, 0.15) is 24.8 Å². The number of amides is 2. The van der Waals surface area contributed by atoms with E-state index in [-0.39, 0.29) is 17.9 Å². The van der Waals surface area contributed by atoms with Crippen LogP contribution in [-0.2, 0) is 16.0 Å². The molecule has 0 aromatic heterocycles. The topological polar surface area (TPSA) is 58.2 Å². The van der Waals surface area contributed by atoms with Crippen LogP contribution in [0.3, 0.4) is 0 Å². The predicted octanol–water partition coefficient (Wildman–Crippen LogP) is 1.67. The zero-order valence-corrected chi connectivity index (χ0v) is 11.4. The Morgan fingerprint density at radius 2 is 2.11 bits per heavy atom. The molecule has 0 radical (unpaired) electrons. The van der Waals surface area contributed by atoms with E-state index >= 15 is 0 Å². The fraction of sp³-hybridized carbons (Fsp3) is 0.429. The van der Waals surface area contributed by atoms with Crippen molar-refractivity contribution in [2.24, 2.45) is 0 Å². The van der Waals surface area contributed by atoms with Gasteiger partial charge in [-0.05, 0) is 37.0 Å². The van der Waals surface area contributed by atoms with Gasteiger partial charge in [0.1, 0.15) is 6.04 Å². The molecule has 0 bridgehead atoms. The second-order valence-corrected chi connectivity index (χ2v) is 5.12. The lowest BCUT2D eigenvalue weighted by Gasteiger charge is -2.10. The van der Waals surface area contributed by atoms with Crippen LogP contribution in [0.2, 0.25) is 5.02 Å². The maximum Gasteiger partial charge on any atom is 0.242 e. The summed E-state index contributed by atoms with van der Waals surface area (Å²) in [6, 6.07) is 7.36. The third-order valence-electron chi connectivity index (χ3n) is 3.17. The summed E-state index contributed by atoms with van der Waals surface area (Å²) >= 11 is 5.81. The number of carbonyl (C=O) groups is 2. The van der Waals surface area contributed by atoms with Gasteiger partial charge in [-0.1, -0.05) is 23.7 Å². The van der Waals surface area contributed by atoms with Crippen molar-refractivity contribution in [1.29, 1.82) is 0 Å². The van der Waals surface area contributed by atoms with Gasteiger partial charge in [-0.2, -0.15) is 0 Å². The van der Waals surface area contributed by atoms with Crippen LogP contribution in [0.15, 0.2) is 24.3 Å². The van der Waals surface area contributed by atoms with E-state index in [0.717, 1.165) is 17.9 Å². The van der Waals surface area contributed by atoms with E-state index in [1.807, 2.05) is 24.3 Å². The maximum absolute atomic E-state index is 11.7. The fourth-order valence-corrected chi connectivity index (χ4v) is 2.22. The quantitative estimate of drug-likeness (QED) is 0.806. The smallest absolute Gasteiger partial charge is 0.242 e. The Hall–Kier alpha value is -1.55. The van der Waals surface area contributed by atoms with Crippen molar-refractivity contribution in [3.63, 3.8) is 0 Å². The van der Waals surface area contributed by atoms with Gasteiger partial charge in [0.25, 0.3) is 0 Å². The molecule has 5 heteroatoms. The van der Waals surface area contributed by atoms with Crippen LogP contribution in [-0.4, -0.2) is 24.4 Å². The number of nitrogens with one attached hydrogen (secondary N) is 2. The summed E-state index contributed by atoms with van der Waals surface area (Å²) in [6.07, 6.45) is 2.81. The zero-order valence-electron chi connectivity index (χ0n) is 10.6. The Morgan fingerprint density at radius 1 is 1.37 bits per heavy atom. The zero-order chi connectivity index (χ0) is 13.7. The molecule has 1 saturated heterocycles. The molecule has 2 rings (SSSR count). The van der Waals surface area contributed by atoms with Crippen molar-refractivity contribution in [1.82, 2.24) is 10.6 Å². The molecule has 102 valence electrons. The van der Waals surface area contributed by atoms with Crippen molar-refractivity contribution >= 4 is 23.4 Å². The number of aryl methyl sites for hydroxylation is 1. The Morgan fingerprint density at radius 3 is 2.74 bits per heavy atom. The summed E-state index contributed by atoms with van der Waals surface area (Å²) < 4.78 is 0. The second kappa shape index (κ2) is 6.57. The van der Waals surface area contributed by atoms with E-state index in [4.69, 9.17) is 11.6 Å². The maximum atomic E-state index is 11.7. The van der Waals surface area contributed by atoms with E-state index in [1.54, 1.807) is 0 Å². The molecule has 2 amide bonds. The average Bonchev–Trinajstić information content (AvgIpc) is 2.83. The summed E-state index contributed by atoms with van der Waals surface area (Å²) in [7, 11) is 0. The van der Waals surface area contributed by atoms with E-state index in [1.165, 1.54) is 5.56 Å². The largest absolute Gasteiger partial charge is 0.354 e. The van der Waals surface area contributed by atoms with Crippen LogP contribution in [0.25, 0.3) is 0 Å². The standard InChI is InChI=1S/C14H17ClN2O2/c15-11-5-3-10(4-6-11)2-1-9-16-14(19)12-7-8-13(18)17-12/h3-6,12H,1-2,7-9H2,(H,16,19)(H,17,18). The minimum Gasteiger partial charge on any atom is -0.354 e. The number of rotatable bonds is 5. The first kappa shape index (κ1) is 13.9. The van der Waals surface area contributed by atoms with E-state index < -0.39 is 0 Å². The average molecular weight is 281 g/mol. The molecule has 2 N–H and O–H groups in total. The van der Waals surface area contributed by atoms with Crippen molar-refractivity contribution < 1.29 is 9.59 Å². The Balaban J connectivity index is 1.65. The molecule has 1 aromatic rings. The highest BCUT2D eigenvalue weighted by atomic mass is 35.5. The molecule has 1 aliphatic rings. The van der Waals surface area contributed by atoms with Crippen molar-refractivity contribution in [2.75, 3.05) is 6.54 Å². The fourth-order valence-electron chi connectivity index (χ4n) is 2.09. The molecular weight excluding hydrogens is 264 g/mol. The van der Waals surface area contributed by atoms with Gasteiger partial charge in [-0.15, -0.1) is 0 Å². The molecule has 1 fully saturated rings. The lowest BCUT2D eigenvalue weighted by molar-refractivity contribution is -0.125. The Bertz CT molecular complexity index is 459. The molecule has 0 aliphatic carbocycles. The highest BCUT2D eigenvalue weighted by molar-refractivity contribution is 6.30. The first-order valence-corrected chi connectivity index (χ1v) is 6.84. The van der Waals surface area contributed by atoms with Crippen LogP contribution < -0.4 is 10.6 Å². The van der Waals surface area contributed by atoms with Crippen molar-refractivity contribution in [2.45, 2.75) is 31.7 Å². The minimum absolute atomic E-state index is 0.0404. The molecule has 1 unspecified atom stereocenters. The molecule has 1 heterocycles. The first-order chi connectivity index (χ1) is 9.15. The van der Waals surface area contributed by atoms with Crippen LogP contribution in [0.4, 0.5) is 0 Å². The number of halogens is 1. The third kappa shape index (κ3) is 4.24. The summed E-state index contributed by atoms with van der Waals surface area (Å²) in [6.45, 7) is 0.619. The van der Waals surface area contributed by atoms with Gasteiger partial charge >= 0.3 is 0 Å². The molecular formula is C14H17ClN2O2. The lowest BCUT2D eigenvalue weighted by atomic mass is 10.1. The van der Waals surface area contributed by atoms with Crippen LogP contribution >= 0.6 is 11.6 Å². The van der Waals surface area contributed by atoms with Crippen molar-refractivity contribution in [3.05, 3.63) is 34.9 Å². The van der Waals surface area contributed by atoms with Gasteiger partial charge in [0.05, 0.1) is 0 Å². The van der Waals surface area contributed by atoms with Gasteiger partial charge in [0.15, 0.2) is 0 Å². The summed E-state index contributed by atoms with van der Waals surface area (Å²) in [5, 5.41) is 6.23. The summed E-state index contributed by atoms with van der Waals surface area (Å²) in [5.41, 5.74) is 1.20. The SMILES string of the molecule is O=C1CCC(C(=O)NCCCc2ccc(Cl)cc2)N1. The minimum atomic E-state index is -0.344. The summed E-state index contributed by atoms with van der Waals surface area (Å²) in [5.74, 6) is -0.122. The van der Waals surface area contributed by atoms with Crippen LogP contribution in [0, 0.1) is 0 Å². The van der Waals surface area contributed by atoms with Crippen molar-refractivity contribution in [3.8, 4) is 0 Å². The highest BCUT2D eigenvalue weighted by Crippen LogP contribution is 2.11. The Kier molecular flexibility index (Phi) is 4.80. The van der Waals surface area contributed by atoms with Crippen LogP contribution in [0.5, 0.6) is 0 Å². The number of hydrogen-bond acceptors (Lipinski definition) is 2. The summed E-state index contributed by atoms with van der Waals surface area (Å²) in [4.78, 5) is 22.7. The van der Waals surface area contributed by atoms with Gasteiger partial charge in [-0.3, -0.25) is 9.59 Å². The first-order valence-electron chi connectivity index (χ1n) is 6.46. The molecule has 19 heavy (non-hydrogen) atoms. The van der Waals surface area contributed by atoms with Gasteiger partial charge < -0.3 is 10.6 Å². The molecule has 1 atom stereocenters. The van der Waals surface area contributed by atoms with Gasteiger partial charge in [-0.25, -0.2) is 0 Å². The van der Waals surface area contributed by atoms with Gasteiger partial charge in [0.2, 0.25) is 11.8 Å². The van der Waals surface area contributed by atoms with E-state index in [0.29, 0.717) is 19.4 Å². The molecule has 0 spiro atoms. The van der Waals surface area contributed by atoms with E-state index in [2.05, 4.69) is 10.6 Å². The van der Waals surface area contributed by atoms with E-state index in [9.17, 15) is 9.59 Å². The monoisotopic (exact) mass is 280 g/mol. The number of hydrogen-bond donors (Lipinski definition) is 2. The highest BCUT2D eigenvalue weighted by Gasteiger charge is 2.26. The molecule has 1 aliphatic heterocycles. The second-order valence-electron chi connectivity index (χ2n) is 4.68. The number of carbonyl (C=O) groups excluding carboxylic acids is 2. The third-order valence-corrected chi connectivity index (χ3v) is 3.42. The molecule has 1 aromatic carbocycles. The normalized spacial score (nSPS) is 18.2. The lowest BCUT2D eigenvalue weighted by Crippen LogP contribution is -2.41. The molecule has 0 saturated carbocycles. The van der Waals surface area contributed by atoms with Gasteiger partial charge in [0, 0.05) is 18.0 Å². The molecule has 4 nitrogen and oxygen atoms in total. The number of benzene rings is 1.